The van der Waals surface area contributed by atoms with Crippen LogP contribution in [0.25, 0.3) is 0 Å². The molecule has 1 amide bonds. The third-order valence-electron chi connectivity index (χ3n) is 2.14. The summed E-state index contributed by atoms with van der Waals surface area (Å²) in [5.41, 5.74) is 5.45. The van der Waals surface area contributed by atoms with Gasteiger partial charge < -0.3 is 11.1 Å². The number of amides is 1. The van der Waals surface area contributed by atoms with Gasteiger partial charge in [-0.3, -0.25) is 4.79 Å². The minimum absolute atomic E-state index is 0.104. The fraction of sp³-hybridized carbons (Fsp3) is 0.444. The second-order valence-corrected chi connectivity index (χ2v) is 3.89. The van der Waals surface area contributed by atoms with Crippen molar-refractivity contribution in [2.75, 3.05) is 11.9 Å². The van der Waals surface area contributed by atoms with Gasteiger partial charge >= 0.3 is 0 Å². The molecule has 88 valence electrons. The van der Waals surface area contributed by atoms with Crippen molar-refractivity contribution in [1.82, 2.24) is 9.97 Å². The maximum atomic E-state index is 11.7. The summed E-state index contributed by atoms with van der Waals surface area (Å²) >= 11 is 11.5. The molecule has 1 heterocycles. The van der Waals surface area contributed by atoms with Crippen molar-refractivity contribution >= 4 is 34.9 Å². The number of halogens is 2. The molecule has 1 atom stereocenters. The highest BCUT2D eigenvalue weighted by atomic mass is 35.5. The number of hydrogen-bond acceptors (Lipinski definition) is 4. The minimum atomic E-state index is -0.259. The van der Waals surface area contributed by atoms with Crippen LogP contribution in [0.15, 0.2) is 6.33 Å². The third kappa shape index (κ3) is 3.04. The van der Waals surface area contributed by atoms with E-state index in [1.165, 1.54) is 6.33 Å². The molecule has 0 fully saturated rings. The Balaban J connectivity index is 2.80. The first-order valence-corrected chi connectivity index (χ1v) is 5.52. The van der Waals surface area contributed by atoms with Gasteiger partial charge in [0.05, 0.1) is 5.92 Å². The lowest BCUT2D eigenvalue weighted by atomic mass is 10.1. The van der Waals surface area contributed by atoms with E-state index >= 15 is 0 Å². The van der Waals surface area contributed by atoms with Crippen LogP contribution < -0.4 is 11.1 Å². The van der Waals surface area contributed by atoms with Gasteiger partial charge in [-0.25, -0.2) is 9.97 Å². The lowest BCUT2D eigenvalue weighted by Gasteiger charge is -2.12. The van der Waals surface area contributed by atoms with E-state index in [9.17, 15) is 4.79 Å². The predicted octanol–water partition coefficient (Wildman–Crippen LogP) is 1.71. The highest BCUT2D eigenvalue weighted by molar-refractivity contribution is 6.42. The van der Waals surface area contributed by atoms with E-state index in [1.54, 1.807) is 0 Å². The Labute approximate surface area is 103 Å². The van der Waals surface area contributed by atoms with Crippen LogP contribution in [0.3, 0.4) is 0 Å². The quantitative estimate of drug-likeness (QED) is 0.810. The number of nitrogens with zero attached hydrogens (tertiary/aromatic N) is 2. The van der Waals surface area contributed by atoms with E-state index in [0.717, 1.165) is 0 Å². The van der Waals surface area contributed by atoms with E-state index in [4.69, 9.17) is 28.9 Å². The van der Waals surface area contributed by atoms with Crippen molar-refractivity contribution in [3.63, 3.8) is 0 Å². The third-order valence-corrected chi connectivity index (χ3v) is 2.88. The SMILES string of the molecule is CCC(CN)C(=O)Nc1ncnc(Cl)c1Cl. The van der Waals surface area contributed by atoms with Gasteiger partial charge in [0.2, 0.25) is 5.91 Å². The fourth-order valence-electron chi connectivity index (χ4n) is 1.11. The Morgan fingerprint density at radius 1 is 1.56 bits per heavy atom. The number of carbonyl (C=O) groups is 1. The number of nitrogens with one attached hydrogen (secondary N) is 1. The number of anilines is 1. The van der Waals surface area contributed by atoms with E-state index in [1.807, 2.05) is 6.92 Å². The molecule has 0 aliphatic heterocycles. The summed E-state index contributed by atoms with van der Waals surface area (Å²) in [6, 6.07) is 0. The van der Waals surface area contributed by atoms with Gasteiger partial charge in [0.1, 0.15) is 11.3 Å². The van der Waals surface area contributed by atoms with E-state index < -0.39 is 0 Å². The van der Waals surface area contributed by atoms with Crippen LogP contribution in [0, 0.1) is 5.92 Å². The van der Waals surface area contributed by atoms with Crippen molar-refractivity contribution < 1.29 is 4.79 Å². The van der Waals surface area contributed by atoms with Gasteiger partial charge in [0, 0.05) is 6.54 Å². The minimum Gasteiger partial charge on any atom is -0.330 e. The van der Waals surface area contributed by atoms with Crippen molar-refractivity contribution in [3.8, 4) is 0 Å². The molecule has 7 heteroatoms. The molecule has 0 saturated carbocycles. The number of nitrogens with two attached hydrogens (primary N) is 1. The normalized spacial score (nSPS) is 12.2. The first-order valence-electron chi connectivity index (χ1n) is 4.77. The van der Waals surface area contributed by atoms with Gasteiger partial charge in [-0.15, -0.1) is 0 Å². The highest BCUT2D eigenvalue weighted by Gasteiger charge is 2.17. The number of hydrogen-bond donors (Lipinski definition) is 2. The average molecular weight is 263 g/mol. The van der Waals surface area contributed by atoms with Gasteiger partial charge in [0.15, 0.2) is 11.0 Å². The maximum Gasteiger partial charge on any atom is 0.229 e. The largest absolute Gasteiger partial charge is 0.330 e. The van der Waals surface area contributed by atoms with Crippen molar-refractivity contribution in [2.24, 2.45) is 11.7 Å². The Morgan fingerprint density at radius 3 is 2.81 bits per heavy atom. The predicted molar refractivity (Wildman–Crippen MR) is 63.5 cm³/mol. The standard InChI is InChI=1S/C9H12Cl2N4O/c1-2-5(3-12)9(16)15-8-6(10)7(11)13-4-14-8/h4-5H,2-3,12H2,1H3,(H,13,14,15,16). The second-order valence-electron chi connectivity index (χ2n) is 3.16. The monoisotopic (exact) mass is 262 g/mol. The molecule has 3 N–H and O–H groups in total. The van der Waals surface area contributed by atoms with Gasteiger partial charge in [-0.1, -0.05) is 30.1 Å². The molecule has 1 rings (SSSR count). The van der Waals surface area contributed by atoms with Crippen molar-refractivity contribution in [2.45, 2.75) is 13.3 Å². The molecule has 0 spiro atoms. The summed E-state index contributed by atoms with van der Waals surface area (Å²) < 4.78 is 0. The van der Waals surface area contributed by atoms with E-state index in [2.05, 4.69) is 15.3 Å². The Morgan fingerprint density at radius 2 is 2.25 bits per heavy atom. The molecule has 1 unspecified atom stereocenters. The molecule has 1 aromatic heterocycles. The first-order chi connectivity index (χ1) is 7.60. The molecule has 0 aromatic carbocycles. The summed E-state index contributed by atoms with van der Waals surface area (Å²) in [6.07, 6.45) is 1.88. The molecule has 1 aromatic rings. The summed E-state index contributed by atoms with van der Waals surface area (Å²) in [5.74, 6) is -0.273. The highest BCUT2D eigenvalue weighted by Crippen LogP contribution is 2.25. The molecule has 0 bridgehead atoms. The van der Waals surface area contributed by atoms with Crippen LogP contribution in [0.4, 0.5) is 5.82 Å². The number of aromatic nitrogens is 2. The maximum absolute atomic E-state index is 11.7. The molecule has 0 aliphatic rings. The Bertz CT molecular complexity index is 382. The van der Waals surface area contributed by atoms with Crippen LogP contribution in [0.5, 0.6) is 0 Å². The van der Waals surface area contributed by atoms with Gasteiger partial charge in [-0.05, 0) is 6.42 Å². The Kier molecular flexibility index (Phi) is 4.92. The van der Waals surface area contributed by atoms with Crippen molar-refractivity contribution in [3.05, 3.63) is 16.5 Å². The zero-order valence-corrected chi connectivity index (χ0v) is 10.2. The number of rotatable bonds is 4. The molecule has 0 saturated heterocycles. The molecule has 0 aliphatic carbocycles. The summed E-state index contributed by atoms with van der Waals surface area (Å²) in [4.78, 5) is 19.2. The zero-order chi connectivity index (χ0) is 12.1. The summed E-state index contributed by atoms with van der Waals surface area (Å²) in [5, 5.41) is 2.80. The molecular formula is C9H12Cl2N4O. The lowest BCUT2D eigenvalue weighted by Crippen LogP contribution is -2.29. The topological polar surface area (TPSA) is 80.9 Å². The van der Waals surface area contributed by atoms with Crippen LogP contribution in [-0.4, -0.2) is 22.4 Å². The van der Waals surface area contributed by atoms with Crippen LogP contribution >= 0.6 is 23.2 Å². The van der Waals surface area contributed by atoms with E-state index in [-0.39, 0.29) is 34.4 Å². The molecular weight excluding hydrogens is 251 g/mol. The van der Waals surface area contributed by atoms with Gasteiger partial charge in [0.25, 0.3) is 0 Å². The lowest BCUT2D eigenvalue weighted by molar-refractivity contribution is -0.119. The Hall–Kier alpha value is -0.910. The van der Waals surface area contributed by atoms with Gasteiger partial charge in [-0.2, -0.15) is 0 Å². The molecule has 16 heavy (non-hydrogen) atoms. The van der Waals surface area contributed by atoms with Crippen molar-refractivity contribution in [1.29, 1.82) is 0 Å². The molecule has 5 nitrogen and oxygen atoms in total. The summed E-state index contributed by atoms with van der Waals surface area (Å²) in [7, 11) is 0. The number of carbonyl (C=O) groups excluding carboxylic acids is 1. The first kappa shape index (κ1) is 13.2. The van der Waals surface area contributed by atoms with E-state index in [0.29, 0.717) is 6.42 Å². The zero-order valence-electron chi connectivity index (χ0n) is 8.70. The second kappa shape index (κ2) is 5.98. The van der Waals surface area contributed by atoms with Crippen LogP contribution in [-0.2, 0) is 4.79 Å². The van der Waals surface area contributed by atoms with Crippen LogP contribution in [0.1, 0.15) is 13.3 Å². The van der Waals surface area contributed by atoms with Crippen LogP contribution in [0.2, 0.25) is 10.2 Å². The smallest absolute Gasteiger partial charge is 0.229 e. The molecule has 0 radical (unpaired) electrons. The average Bonchev–Trinajstić information content (AvgIpc) is 2.26. The fourth-order valence-corrected chi connectivity index (χ4v) is 1.39. The summed E-state index contributed by atoms with van der Waals surface area (Å²) in [6.45, 7) is 2.16.